The number of thioether (sulfide) groups is 1. The van der Waals surface area contributed by atoms with E-state index in [1.165, 1.54) is 11.8 Å². The summed E-state index contributed by atoms with van der Waals surface area (Å²) in [6.45, 7) is 0. The molecule has 104 valence electrons. The summed E-state index contributed by atoms with van der Waals surface area (Å²) < 4.78 is 0. The van der Waals surface area contributed by atoms with E-state index in [-0.39, 0.29) is 11.3 Å². The number of nitrogens with zero attached hydrogens (tertiary/aromatic N) is 2. The van der Waals surface area contributed by atoms with Gasteiger partial charge in [-0.2, -0.15) is 5.26 Å². The minimum atomic E-state index is -0.520. The monoisotopic (exact) mass is 335 g/mol. The van der Waals surface area contributed by atoms with E-state index in [1.807, 2.05) is 6.07 Å². The second-order valence-electron chi connectivity index (χ2n) is 3.83. The van der Waals surface area contributed by atoms with Crippen LogP contribution in [0.25, 0.3) is 11.3 Å². The zero-order chi connectivity index (χ0) is 15.4. The van der Waals surface area contributed by atoms with E-state index in [4.69, 9.17) is 34.9 Å². The third kappa shape index (κ3) is 3.40. The number of rotatable bonds is 3. The van der Waals surface area contributed by atoms with Crippen LogP contribution in [-0.2, 0) is 0 Å². The molecule has 2 rings (SSSR count). The molecule has 0 unspecified atom stereocenters. The van der Waals surface area contributed by atoms with Gasteiger partial charge in [-0.25, -0.2) is 4.98 Å². The van der Waals surface area contributed by atoms with Crippen LogP contribution in [0, 0.1) is 23.7 Å². The molecule has 0 saturated carbocycles. The molecule has 21 heavy (non-hydrogen) atoms. The number of nitrogens with one attached hydrogen (secondary N) is 1. The summed E-state index contributed by atoms with van der Waals surface area (Å²) >= 11 is 13.0. The fourth-order valence-electron chi connectivity index (χ4n) is 1.59. The van der Waals surface area contributed by atoms with Gasteiger partial charge in [-0.05, 0) is 12.1 Å². The number of halogens is 2. The van der Waals surface area contributed by atoms with Gasteiger partial charge in [0.05, 0.1) is 21.5 Å². The summed E-state index contributed by atoms with van der Waals surface area (Å²) in [5.41, 5.74) is 0.181. The Morgan fingerprint density at radius 3 is 2.76 bits per heavy atom. The van der Waals surface area contributed by atoms with Crippen molar-refractivity contribution in [1.82, 2.24) is 9.97 Å². The van der Waals surface area contributed by atoms with Crippen molar-refractivity contribution in [2.75, 3.05) is 5.75 Å². The number of hydrogen-bond donors (Lipinski definition) is 1. The Morgan fingerprint density at radius 2 is 2.14 bits per heavy atom. The Bertz CT molecular complexity index is 834. The minimum absolute atomic E-state index is 0.0848. The van der Waals surface area contributed by atoms with Crippen LogP contribution in [-0.4, -0.2) is 15.7 Å². The molecule has 1 heterocycles. The lowest BCUT2D eigenvalue weighted by Crippen LogP contribution is -2.14. The number of H-pyrrole nitrogens is 1. The molecule has 1 aromatic carbocycles. The van der Waals surface area contributed by atoms with Crippen LogP contribution in [0.15, 0.2) is 28.2 Å². The van der Waals surface area contributed by atoms with Gasteiger partial charge in [0, 0.05) is 5.56 Å². The van der Waals surface area contributed by atoms with Crippen LogP contribution in [0.3, 0.4) is 0 Å². The maximum atomic E-state index is 11.9. The standard InChI is InChI=1S/C14H7Cl2N3OS/c1-2-5-21-14-18-12(9(7-17)13(20)19-14)8-3-4-10(15)11(16)6-8/h1,3-4,6H,5H2,(H,18,19,20). The fraction of sp³-hybridized carbons (Fsp3) is 0.0714. The summed E-state index contributed by atoms with van der Waals surface area (Å²) in [5.74, 6) is 2.79. The van der Waals surface area contributed by atoms with Crippen molar-refractivity contribution in [3.8, 4) is 29.7 Å². The summed E-state index contributed by atoms with van der Waals surface area (Å²) in [5, 5.41) is 10.2. The lowest BCUT2D eigenvalue weighted by atomic mass is 10.1. The molecule has 0 bridgehead atoms. The van der Waals surface area contributed by atoms with Gasteiger partial charge in [0.15, 0.2) is 5.16 Å². The van der Waals surface area contributed by atoms with E-state index in [9.17, 15) is 4.79 Å². The fourth-order valence-corrected chi connectivity index (χ4v) is 2.43. The molecule has 1 aromatic heterocycles. The number of aromatic amines is 1. The van der Waals surface area contributed by atoms with Gasteiger partial charge >= 0.3 is 0 Å². The molecule has 0 radical (unpaired) electrons. The number of terminal acetylenes is 1. The molecule has 0 spiro atoms. The van der Waals surface area contributed by atoms with E-state index in [2.05, 4.69) is 15.9 Å². The third-order valence-electron chi connectivity index (χ3n) is 2.49. The highest BCUT2D eigenvalue weighted by molar-refractivity contribution is 7.99. The zero-order valence-corrected chi connectivity index (χ0v) is 12.8. The van der Waals surface area contributed by atoms with Gasteiger partial charge in [0.2, 0.25) is 0 Å². The van der Waals surface area contributed by atoms with Gasteiger partial charge < -0.3 is 4.98 Å². The van der Waals surface area contributed by atoms with Crippen molar-refractivity contribution in [3.63, 3.8) is 0 Å². The summed E-state index contributed by atoms with van der Waals surface area (Å²) in [6.07, 6.45) is 5.18. The van der Waals surface area contributed by atoms with Gasteiger partial charge in [0.1, 0.15) is 11.6 Å². The largest absolute Gasteiger partial charge is 0.300 e. The average molecular weight is 336 g/mol. The summed E-state index contributed by atoms with van der Waals surface area (Å²) in [6, 6.07) is 6.63. The van der Waals surface area contributed by atoms with Crippen LogP contribution < -0.4 is 5.56 Å². The number of nitriles is 1. The maximum absolute atomic E-state index is 11.9. The number of benzene rings is 1. The minimum Gasteiger partial charge on any atom is -0.300 e. The van der Waals surface area contributed by atoms with Gasteiger partial charge in [0.25, 0.3) is 5.56 Å². The van der Waals surface area contributed by atoms with Crippen LogP contribution in [0.2, 0.25) is 10.0 Å². The van der Waals surface area contributed by atoms with E-state index in [1.54, 1.807) is 18.2 Å². The topological polar surface area (TPSA) is 69.5 Å². The SMILES string of the molecule is C#CCSc1nc(-c2ccc(Cl)c(Cl)c2)c(C#N)c(=O)[nH]1. The van der Waals surface area contributed by atoms with Crippen LogP contribution in [0.5, 0.6) is 0 Å². The second-order valence-corrected chi connectivity index (χ2v) is 5.61. The number of hydrogen-bond acceptors (Lipinski definition) is 4. The quantitative estimate of drug-likeness (QED) is 0.530. The molecule has 2 aromatic rings. The highest BCUT2D eigenvalue weighted by Crippen LogP contribution is 2.29. The molecule has 4 nitrogen and oxygen atoms in total. The molecule has 1 N–H and O–H groups in total. The van der Waals surface area contributed by atoms with E-state index in [0.717, 1.165) is 0 Å². The van der Waals surface area contributed by atoms with Gasteiger partial charge in [-0.3, -0.25) is 4.79 Å². The Labute approximate surface area is 135 Å². The predicted molar refractivity (Wildman–Crippen MR) is 84.6 cm³/mol. The van der Waals surface area contributed by atoms with E-state index in [0.29, 0.717) is 26.5 Å². The Kier molecular flexibility index (Phi) is 4.93. The summed E-state index contributed by atoms with van der Waals surface area (Å²) in [7, 11) is 0. The number of aromatic nitrogens is 2. The molecule has 0 aliphatic rings. The van der Waals surface area contributed by atoms with Crippen LogP contribution >= 0.6 is 35.0 Å². The highest BCUT2D eigenvalue weighted by atomic mass is 35.5. The van der Waals surface area contributed by atoms with Crippen LogP contribution in [0.4, 0.5) is 0 Å². The first-order valence-electron chi connectivity index (χ1n) is 5.63. The van der Waals surface area contributed by atoms with Gasteiger partial charge in [-0.15, -0.1) is 6.42 Å². The molecule has 0 saturated heterocycles. The molecule has 0 amide bonds. The lowest BCUT2D eigenvalue weighted by Gasteiger charge is -2.06. The van der Waals surface area contributed by atoms with Crippen molar-refractivity contribution in [2.24, 2.45) is 0 Å². The highest BCUT2D eigenvalue weighted by Gasteiger charge is 2.14. The first kappa shape index (κ1) is 15.5. The first-order chi connectivity index (χ1) is 10.1. The molecule has 0 fully saturated rings. The molecule has 7 heteroatoms. The molecule has 0 atom stereocenters. The van der Waals surface area contributed by atoms with Crippen LogP contribution in [0.1, 0.15) is 5.56 Å². The van der Waals surface area contributed by atoms with Gasteiger partial charge in [-0.1, -0.05) is 47.0 Å². The Morgan fingerprint density at radius 1 is 1.38 bits per heavy atom. The second kappa shape index (κ2) is 6.69. The van der Waals surface area contributed by atoms with Crippen molar-refractivity contribution >= 4 is 35.0 Å². The first-order valence-corrected chi connectivity index (χ1v) is 7.37. The van der Waals surface area contributed by atoms with E-state index < -0.39 is 5.56 Å². The molecular weight excluding hydrogens is 329 g/mol. The predicted octanol–water partition coefficient (Wildman–Crippen LogP) is 3.34. The molecule has 0 aliphatic carbocycles. The average Bonchev–Trinajstić information content (AvgIpc) is 2.47. The third-order valence-corrected chi connectivity index (χ3v) is 4.01. The maximum Gasteiger partial charge on any atom is 0.270 e. The van der Waals surface area contributed by atoms with Crippen molar-refractivity contribution in [3.05, 3.63) is 44.2 Å². The smallest absolute Gasteiger partial charge is 0.270 e. The Hall–Kier alpha value is -1.92. The zero-order valence-electron chi connectivity index (χ0n) is 10.5. The normalized spacial score (nSPS) is 9.90. The molecule has 0 aliphatic heterocycles. The van der Waals surface area contributed by atoms with Crippen molar-refractivity contribution in [2.45, 2.75) is 5.16 Å². The lowest BCUT2D eigenvalue weighted by molar-refractivity contribution is 0.936. The van der Waals surface area contributed by atoms with E-state index >= 15 is 0 Å². The van der Waals surface area contributed by atoms with Crippen molar-refractivity contribution < 1.29 is 0 Å². The molecular formula is C14H7Cl2N3OS. The summed E-state index contributed by atoms with van der Waals surface area (Å²) in [4.78, 5) is 18.7. The van der Waals surface area contributed by atoms with Crippen molar-refractivity contribution in [1.29, 1.82) is 5.26 Å². The Balaban J connectivity index is 2.63.